The number of hydrogen-bond acceptors (Lipinski definition) is 8. The first kappa shape index (κ1) is 21.9. The van der Waals surface area contributed by atoms with Crippen molar-refractivity contribution in [3.63, 3.8) is 0 Å². The molecule has 0 radical (unpaired) electrons. The van der Waals surface area contributed by atoms with E-state index in [1.165, 1.54) is 0 Å². The second-order valence-electron chi connectivity index (χ2n) is 7.96. The van der Waals surface area contributed by atoms with E-state index in [1.54, 1.807) is 19.5 Å². The van der Waals surface area contributed by atoms with Gasteiger partial charge in [0.05, 0.1) is 18.3 Å². The van der Waals surface area contributed by atoms with E-state index in [2.05, 4.69) is 20.2 Å². The number of pyridine rings is 3. The summed E-state index contributed by atoms with van der Waals surface area (Å²) in [5.41, 5.74) is 5.00. The van der Waals surface area contributed by atoms with Crippen LogP contribution in [-0.4, -0.2) is 85.5 Å². The van der Waals surface area contributed by atoms with Gasteiger partial charge in [-0.25, -0.2) is 4.98 Å². The Kier molecular flexibility index (Phi) is 6.79. The maximum atomic E-state index is 12.6. The molecular formula is C22H30N6O2. The molecule has 30 heavy (non-hydrogen) atoms. The molecule has 0 amide bonds. The van der Waals surface area contributed by atoms with Crippen LogP contribution in [0.25, 0.3) is 22.1 Å². The van der Waals surface area contributed by atoms with Crippen LogP contribution in [0.15, 0.2) is 18.5 Å². The van der Waals surface area contributed by atoms with E-state index in [0.717, 1.165) is 24.3 Å². The molecule has 0 aromatic carbocycles. The maximum absolute atomic E-state index is 12.6. The zero-order chi connectivity index (χ0) is 21.8. The Balaban J connectivity index is 2.14. The highest BCUT2D eigenvalue weighted by Crippen LogP contribution is 2.34. The van der Waals surface area contributed by atoms with Crippen molar-refractivity contribution in [3.05, 3.63) is 29.6 Å². The van der Waals surface area contributed by atoms with Gasteiger partial charge in [0.25, 0.3) is 0 Å². The quantitative estimate of drug-likeness (QED) is 0.426. The van der Waals surface area contributed by atoms with Crippen molar-refractivity contribution < 1.29 is 9.53 Å². The molecule has 0 atom stereocenters. The van der Waals surface area contributed by atoms with Crippen molar-refractivity contribution in [2.45, 2.75) is 13.3 Å². The van der Waals surface area contributed by atoms with Crippen molar-refractivity contribution in [2.24, 2.45) is 0 Å². The Morgan fingerprint density at radius 1 is 1.03 bits per heavy atom. The number of aryl methyl sites for hydroxylation is 1. The van der Waals surface area contributed by atoms with Gasteiger partial charge in [-0.2, -0.15) is 0 Å². The number of carbonyl (C=O) groups is 1. The number of methoxy groups -OCH3 is 1. The first-order valence-electron chi connectivity index (χ1n) is 10.0. The summed E-state index contributed by atoms with van der Waals surface area (Å²) in [6.45, 7) is 4.21. The lowest BCUT2D eigenvalue weighted by Gasteiger charge is -2.16. The topological polar surface area (TPSA) is 83.5 Å². The lowest BCUT2D eigenvalue weighted by Crippen LogP contribution is -2.21. The predicted octanol–water partition coefficient (Wildman–Crippen LogP) is 2.60. The summed E-state index contributed by atoms with van der Waals surface area (Å²) in [4.78, 5) is 30.7. The molecule has 0 saturated carbocycles. The summed E-state index contributed by atoms with van der Waals surface area (Å²) >= 11 is 0. The number of likely N-dealkylation sites (N-methyl/N-ethyl adjacent to an activating group) is 1. The lowest BCUT2D eigenvalue weighted by molar-refractivity contribution is 0.0972. The molecule has 0 saturated heterocycles. The van der Waals surface area contributed by atoms with E-state index >= 15 is 0 Å². The van der Waals surface area contributed by atoms with Crippen molar-refractivity contribution in [1.82, 2.24) is 24.8 Å². The fourth-order valence-electron chi connectivity index (χ4n) is 3.28. The Morgan fingerprint density at radius 2 is 1.73 bits per heavy atom. The first-order chi connectivity index (χ1) is 14.3. The van der Waals surface area contributed by atoms with Crippen molar-refractivity contribution in [2.75, 3.05) is 60.3 Å². The van der Waals surface area contributed by atoms with Gasteiger partial charge in [0.1, 0.15) is 16.6 Å². The number of fused-ring (bicyclic) bond motifs is 2. The molecule has 3 rings (SSSR count). The van der Waals surface area contributed by atoms with Crippen molar-refractivity contribution in [3.8, 4) is 5.75 Å². The molecule has 0 bridgehead atoms. The summed E-state index contributed by atoms with van der Waals surface area (Å²) in [6, 6.07) is 1.82. The van der Waals surface area contributed by atoms with Crippen molar-refractivity contribution >= 4 is 33.5 Å². The van der Waals surface area contributed by atoms with Crippen LogP contribution in [0, 0.1) is 6.92 Å². The molecule has 160 valence electrons. The minimum Gasteiger partial charge on any atom is -0.494 e. The third-order valence-corrected chi connectivity index (χ3v) is 4.93. The van der Waals surface area contributed by atoms with Crippen LogP contribution in [0.2, 0.25) is 0 Å². The van der Waals surface area contributed by atoms with Gasteiger partial charge in [-0.1, -0.05) is 0 Å². The summed E-state index contributed by atoms with van der Waals surface area (Å²) in [5.74, 6) is 0.735. The Morgan fingerprint density at radius 3 is 2.40 bits per heavy atom. The highest BCUT2D eigenvalue weighted by molar-refractivity contribution is 6.07. The molecule has 0 aliphatic carbocycles. The number of aromatic nitrogens is 3. The molecule has 0 unspecified atom stereocenters. The SMILES string of the molecule is COc1c(C)cnc2c(NCCN(C)C)c3ncc(C(=O)CCN(C)C)cc3nc12. The highest BCUT2D eigenvalue weighted by atomic mass is 16.5. The number of ether oxygens (including phenoxy) is 1. The van der Waals surface area contributed by atoms with Crippen LogP contribution >= 0.6 is 0 Å². The number of anilines is 1. The van der Waals surface area contributed by atoms with E-state index in [9.17, 15) is 4.79 Å². The molecule has 1 N–H and O–H groups in total. The van der Waals surface area contributed by atoms with Crippen molar-refractivity contribution in [1.29, 1.82) is 0 Å². The minimum absolute atomic E-state index is 0.0523. The summed E-state index contributed by atoms with van der Waals surface area (Å²) in [5, 5.41) is 3.47. The van der Waals surface area contributed by atoms with Gasteiger partial charge in [-0.3, -0.25) is 14.8 Å². The minimum atomic E-state index is 0.0523. The van der Waals surface area contributed by atoms with E-state index < -0.39 is 0 Å². The molecule has 3 aromatic heterocycles. The second-order valence-corrected chi connectivity index (χ2v) is 7.96. The number of nitrogens with one attached hydrogen (secondary N) is 1. The second kappa shape index (κ2) is 9.32. The summed E-state index contributed by atoms with van der Waals surface area (Å²) in [7, 11) is 9.59. The Hall–Kier alpha value is -2.84. The number of rotatable bonds is 9. The van der Waals surface area contributed by atoms with Gasteiger partial charge in [0.2, 0.25) is 0 Å². The molecular weight excluding hydrogens is 380 g/mol. The van der Waals surface area contributed by atoms with Crippen LogP contribution < -0.4 is 10.1 Å². The third-order valence-electron chi connectivity index (χ3n) is 4.93. The summed E-state index contributed by atoms with van der Waals surface area (Å²) < 4.78 is 5.62. The number of hydrogen-bond donors (Lipinski definition) is 1. The normalized spacial score (nSPS) is 11.6. The van der Waals surface area contributed by atoms with E-state index in [1.807, 2.05) is 46.1 Å². The predicted molar refractivity (Wildman–Crippen MR) is 121 cm³/mol. The Bertz CT molecular complexity index is 1060. The smallest absolute Gasteiger partial charge is 0.165 e. The molecule has 8 heteroatoms. The lowest BCUT2D eigenvalue weighted by atomic mass is 10.1. The van der Waals surface area contributed by atoms with Gasteiger partial charge in [0, 0.05) is 49.6 Å². The van der Waals surface area contributed by atoms with Gasteiger partial charge in [-0.15, -0.1) is 0 Å². The number of carbonyl (C=O) groups excluding carboxylic acids is 1. The van der Waals surface area contributed by atoms with E-state index in [-0.39, 0.29) is 5.78 Å². The molecule has 0 aliphatic heterocycles. The zero-order valence-corrected chi connectivity index (χ0v) is 18.6. The van der Waals surface area contributed by atoms with Gasteiger partial charge < -0.3 is 19.9 Å². The standard InChI is InChI=1S/C22H30N6O2/c1-14-12-24-20-19(23-8-10-28(4)5)18-16(26-21(20)22(14)30-6)11-15(13-25-18)17(29)7-9-27(2)3/h11-13H,7-10H2,1-6H3,(H,23,26). The zero-order valence-electron chi connectivity index (χ0n) is 18.6. The molecule has 0 spiro atoms. The van der Waals surface area contributed by atoms with Gasteiger partial charge >= 0.3 is 0 Å². The van der Waals surface area contributed by atoms with Gasteiger partial charge in [-0.05, 0) is 41.2 Å². The van der Waals surface area contributed by atoms with Crippen LogP contribution in [0.4, 0.5) is 5.69 Å². The average Bonchev–Trinajstić information content (AvgIpc) is 2.70. The fourth-order valence-corrected chi connectivity index (χ4v) is 3.28. The summed E-state index contributed by atoms with van der Waals surface area (Å²) in [6.07, 6.45) is 3.85. The molecule has 0 fully saturated rings. The van der Waals surface area contributed by atoms with E-state index in [4.69, 9.17) is 9.72 Å². The number of Topliss-reactive ketones (excluding diaryl/α,β-unsaturated/α-hetero) is 1. The van der Waals surface area contributed by atoms with Crippen LogP contribution in [0.3, 0.4) is 0 Å². The fraction of sp³-hybridized carbons (Fsp3) is 0.455. The Labute approximate surface area is 177 Å². The van der Waals surface area contributed by atoms with E-state index in [0.29, 0.717) is 46.3 Å². The monoisotopic (exact) mass is 410 g/mol. The average molecular weight is 411 g/mol. The highest BCUT2D eigenvalue weighted by Gasteiger charge is 2.18. The van der Waals surface area contributed by atoms with Crippen LogP contribution in [-0.2, 0) is 0 Å². The van der Waals surface area contributed by atoms with Gasteiger partial charge in [0.15, 0.2) is 11.5 Å². The maximum Gasteiger partial charge on any atom is 0.165 e. The third kappa shape index (κ3) is 4.66. The number of nitrogens with zero attached hydrogens (tertiary/aromatic N) is 5. The molecule has 0 aliphatic rings. The molecule has 8 nitrogen and oxygen atoms in total. The largest absolute Gasteiger partial charge is 0.494 e. The molecule has 3 aromatic rings. The van der Waals surface area contributed by atoms with Crippen LogP contribution in [0.5, 0.6) is 5.75 Å². The first-order valence-corrected chi connectivity index (χ1v) is 10.0. The molecule has 3 heterocycles. The number of ketones is 1. The van der Waals surface area contributed by atoms with Crippen LogP contribution in [0.1, 0.15) is 22.3 Å².